The summed E-state index contributed by atoms with van der Waals surface area (Å²) in [7, 11) is 0. The molecule has 4 N–H and O–H groups in total. The van der Waals surface area contributed by atoms with Crippen LogP contribution in [-0.2, 0) is 19.2 Å². The van der Waals surface area contributed by atoms with Crippen LogP contribution in [0.3, 0.4) is 0 Å². The van der Waals surface area contributed by atoms with Crippen molar-refractivity contribution in [1.29, 1.82) is 0 Å². The van der Waals surface area contributed by atoms with Crippen LogP contribution in [0, 0.1) is 0 Å². The highest BCUT2D eigenvalue weighted by molar-refractivity contribution is 5.77. The van der Waals surface area contributed by atoms with Crippen LogP contribution in [0.5, 0.6) is 0 Å². The molecule has 0 aromatic heterocycles. The Morgan fingerprint density at radius 1 is 0.690 bits per heavy atom. The molecule has 0 heterocycles. The van der Waals surface area contributed by atoms with Crippen molar-refractivity contribution in [2.75, 3.05) is 72.0 Å². The number of carbonyl (C=O) groups excluding carboxylic acids is 1. The largest absolute Gasteiger partial charge is 0.480 e. The first-order valence-electron chi connectivity index (χ1n) is 9.66. The van der Waals surface area contributed by atoms with E-state index in [9.17, 15) is 19.2 Å². The lowest BCUT2D eigenvalue weighted by molar-refractivity contribution is -0.140. The van der Waals surface area contributed by atoms with Gasteiger partial charge in [0, 0.05) is 39.3 Å². The molecule has 0 aromatic carbocycles. The van der Waals surface area contributed by atoms with E-state index < -0.39 is 17.9 Å². The maximum absolute atomic E-state index is 11.4. The van der Waals surface area contributed by atoms with E-state index in [0.29, 0.717) is 45.8 Å². The average molecular weight is 418 g/mol. The van der Waals surface area contributed by atoms with Crippen molar-refractivity contribution in [2.45, 2.75) is 20.3 Å². The third-order valence-electron chi connectivity index (χ3n) is 4.05. The highest BCUT2D eigenvalue weighted by Crippen LogP contribution is 1.98. The summed E-state index contributed by atoms with van der Waals surface area (Å²) < 4.78 is 0. The Kier molecular flexibility index (Phi) is 14.7. The molecular weight excluding hydrogens is 384 g/mol. The van der Waals surface area contributed by atoms with Crippen LogP contribution < -0.4 is 5.32 Å². The molecule has 0 aliphatic heterocycles. The number of aliphatic carboxylic acids is 3. The van der Waals surface area contributed by atoms with Gasteiger partial charge in [-0.3, -0.25) is 33.9 Å². The van der Waals surface area contributed by atoms with Gasteiger partial charge in [-0.25, -0.2) is 0 Å². The first-order valence-corrected chi connectivity index (χ1v) is 9.66. The molecule has 0 fully saturated rings. The van der Waals surface area contributed by atoms with Gasteiger partial charge in [-0.15, -0.1) is 0 Å². The first kappa shape index (κ1) is 26.9. The number of hydrogen-bond acceptors (Lipinski definition) is 8. The highest BCUT2D eigenvalue weighted by Gasteiger charge is 2.16. The second-order valence-corrected chi connectivity index (χ2v) is 6.89. The number of carboxylic acid groups (broad SMARTS) is 3. The van der Waals surface area contributed by atoms with E-state index in [1.165, 1.54) is 6.92 Å². The monoisotopic (exact) mass is 418 g/mol. The summed E-state index contributed by atoms with van der Waals surface area (Å²) in [5, 5.41) is 29.5. The fourth-order valence-electron chi connectivity index (χ4n) is 2.82. The van der Waals surface area contributed by atoms with Gasteiger partial charge < -0.3 is 20.6 Å². The Labute approximate surface area is 171 Å². The smallest absolute Gasteiger partial charge is 0.317 e. The molecule has 0 saturated carbocycles. The molecule has 29 heavy (non-hydrogen) atoms. The van der Waals surface area contributed by atoms with Gasteiger partial charge in [-0.05, 0) is 19.9 Å². The molecule has 0 saturated heterocycles. The van der Waals surface area contributed by atoms with Crippen molar-refractivity contribution in [2.24, 2.45) is 0 Å². The van der Waals surface area contributed by atoms with Crippen molar-refractivity contribution in [3.8, 4) is 0 Å². The molecule has 0 spiro atoms. The maximum atomic E-state index is 11.4. The number of nitrogens with one attached hydrogen (secondary N) is 1. The van der Waals surface area contributed by atoms with Gasteiger partial charge in [0.15, 0.2) is 0 Å². The van der Waals surface area contributed by atoms with Crippen molar-refractivity contribution in [3.63, 3.8) is 0 Å². The number of hydrogen-bond donors (Lipinski definition) is 4. The summed E-state index contributed by atoms with van der Waals surface area (Å²) in [5.74, 6) is -2.94. The number of carbonyl (C=O) groups is 4. The van der Waals surface area contributed by atoms with Gasteiger partial charge >= 0.3 is 17.9 Å². The van der Waals surface area contributed by atoms with Gasteiger partial charge in [-0.1, -0.05) is 6.92 Å². The fourth-order valence-corrected chi connectivity index (χ4v) is 2.82. The van der Waals surface area contributed by atoms with Gasteiger partial charge in [0.25, 0.3) is 0 Å². The zero-order chi connectivity index (χ0) is 22.2. The lowest BCUT2D eigenvalue weighted by Crippen LogP contribution is -2.45. The molecule has 0 aliphatic rings. The molecule has 0 aromatic rings. The number of ketones is 1. The van der Waals surface area contributed by atoms with Crippen LogP contribution in [0.2, 0.25) is 0 Å². The first-order chi connectivity index (χ1) is 13.6. The molecule has 0 aliphatic carbocycles. The number of Topliss-reactive ketones (excluding diaryl/α,β-unsaturated/α-hetero) is 1. The molecular formula is C18H34N4O7. The van der Waals surface area contributed by atoms with Crippen LogP contribution >= 0.6 is 0 Å². The van der Waals surface area contributed by atoms with Crippen LogP contribution in [0.15, 0.2) is 0 Å². The summed E-state index contributed by atoms with van der Waals surface area (Å²) in [5.41, 5.74) is 0. The molecule has 0 amide bonds. The van der Waals surface area contributed by atoms with Crippen molar-refractivity contribution >= 4 is 23.7 Å². The normalized spacial score (nSPS) is 11.3. The topological polar surface area (TPSA) is 151 Å². The van der Waals surface area contributed by atoms with Gasteiger partial charge in [0.2, 0.25) is 0 Å². The Bertz CT molecular complexity index is 530. The lowest BCUT2D eigenvalue weighted by Gasteiger charge is -2.28. The van der Waals surface area contributed by atoms with Crippen LogP contribution in [-0.4, -0.2) is 126 Å². The maximum Gasteiger partial charge on any atom is 0.317 e. The van der Waals surface area contributed by atoms with E-state index >= 15 is 0 Å². The second kappa shape index (κ2) is 15.8. The van der Waals surface area contributed by atoms with Gasteiger partial charge in [0.1, 0.15) is 5.78 Å². The zero-order valence-electron chi connectivity index (χ0n) is 17.3. The van der Waals surface area contributed by atoms with Gasteiger partial charge in [0.05, 0.1) is 26.2 Å². The van der Waals surface area contributed by atoms with Crippen LogP contribution in [0.4, 0.5) is 0 Å². The van der Waals surface area contributed by atoms with Crippen LogP contribution in [0.1, 0.15) is 20.3 Å². The Morgan fingerprint density at radius 2 is 1.14 bits per heavy atom. The molecule has 168 valence electrons. The number of carboxylic acids is 3. The summed E-state index contributed by atoms with van der Waals surface area (Å²) >= 11 is 0. The molecule has 11 heteroatoms. The van der Waals surface area contributed by atoms with E-state index in [-0.39, 0.29) is 25.4 Å². The average Bonchev–Trinajstić information content (AvgIpc) is 2.59. The lowest BCUT2D eigenvalue weighted by atomic mass is 10.3. The van der Waals surface area contributed by atoms with Crippen molar-refractivity contribution in [3.05, 3.63) is 0 Å². The van der Waals surface area contributed by atoms with E-state index in [0.717, 1.165) is 13.0 Å². The van der Waals surface area contributed by atoms with Crippen LogP contribution in [0.25, 0.3) is 0 Å². The highest BCUT2D eigenvalue weighted by atomic mass is 16.4. The molecule has 0 rings (SSSR count). The Balaban J connectivity index is 4.71. The molecule has 0 unspecified atom stereocenters. The molecule has 11 nitrogen and oxygen atoms in total. The minimum Gasteiger partial charge on any atom is -0.480 e. The molecule has 0 atom stereocenters. The summed E-state index contributed by atoms with van der Waals surface area (Å²) in [6.07, 6.45) is 0.877. The minimum atomic E-state index is -1.01. The predicted molar refractivity (Wildman–Crippen MR) is 106 cm³/mol. The minimum absolute atomic E-state index is 0.0460. The summed E-state index contributed by atoms with van der Waals surface area (Å²) in [4.78, 5) is 49.5. The van der Waals surface area contributed by atoms with Crippen molar-refractivity contribution < 1.29 is 34.5 Å². The van der Waals surface area contributed by atoms with Gasteiger partial charge in [-0.2, -0.15) is 0 Å². The quantitative estimate of drug-likeness (QED) is 0.186. The fraction of sp³-hybridized carbons (Fsp3) is 0.778. The van der Waals surface area contributed by atoms with E-state index in [1.807, 2.05) is 11.8 Å². The standard InChI is InChI=1S/C18H34N4O7/c1-3-5-20(12-15(2)23)7-9-22(14-18(28)29)10-8-21(13-17(26)27)6-4-19-11-16(24)25/h19H,3-14H2,1-2H3,(H,24,25)(H,26,27)(H,28,29). The van der Waals surface area contributed by atoms with E-state index in [2.05, 4.69) is 5.32 Å². The molecule has 0 bridgehead atoms. The summed E-state index contributed by atoms with van der Waals surface area (Å²) in [6.45, 7) is 6.24. The third kappa shape index (κ3) is 16.6. The predicted octanol–water partition coefficient (Wildman–Crippen LogP) is -1.27. The zero-order valence-corrected chi connectivity index (χ0v) is 17.3. The number of rotatable bonds is 19. The molecule has 0 radical (unpaired) electrons. The summed E-state index contributed by atoms with van der Waals surface area (Å²) in [6, 6.07) is 0. The second-order valence-electron chi connectivity index (χ2n) is 6.89. The SMILES string of the molecule is CCCN(CCN(CCN(CCNCC(=O)O)CC(=O)O)CC(=O)O)CC(C)=O. The Morgan fingerprint density at radius 3 is 1.52 bits per heavy atom. The third-order valence-corrected chi connectivity index (χ3v) is 4.05. The Hall–Kier alpha value is -2.08. The number of nitrogens with zero attached hydrogens (tertiary/aromatic N) is 3. The van der Waals surface area contributed by atoms with E-state index in [4.69, 9.17) is 15.3 Å². The van der Waals surface area contributed by atoms with E-state index in [1.54, 1.807) is 9.80 Å². The van der Waals surface area contributed by atoms with Crippen molar-refractivity contribution in [1.82, 2.24) is 20.0 Å².